The highest BCUT2D eigenvalue weighted by atomic mass is 16.4. The van der Waals surface area contributed by atoms with Crippen LogP contribution in [0.2, 0.25) is 0 Å². The molecular formula is C11H13NO4. The molecule has 1 amide bonds. The van der Waals surface area contributed by atoms with E-state index in [1.165, 1.54) is 4.90 Å². The van der Waals surface area contributed by atoms with Gasteiger partial charge < -0.3 is 14.4 Å². The second-order valence-electron chi connectivity index (χ2n) is 4.05. The number of furan rings is 1. The smallest absolute Gasteiger partial charge is 0.309 e. The van der Waals surface area contributed by atoms with Crippen LogP contribution < -0.4 is 0 Å². The van der Waals surface area contributed by atoms with Gasteiger partial charge in [0.2, 0.25) is 5.91 Å². The van der Waals surface area contributed by atoms with Crippen LogP contribution in [0.3, 0.4) is 0 Å². The monoisotopic (exact) mass is 223 g/mol. The summed E-state index contributed by atoms with van der Waals surface area (Å²) in [6, 6.07) is 3.01. The summed E-state index contributed by atoms with van der Waals surface area (Å²) in [5, 5.41) is 9.07. The number of aliphatic carboxylic acids is 1. The first kappa shape index (κ1) is 10.7. The minimum Gasteiger partial charge on any atom is -0.481 e. The van der Waals surface area contributed by atoms with E-state index in [9.17, 15) is 9.59 Å². The Balaban J connectivity index is 2.36. The normalized spacial score (nSPS) is 25.1. The summed E-state index contributed by atoms with van der Waals surface area (Å²) in [5.74, 6) is -0.587. The summed E-state index contributed by atoms with van der Waals surface area (Å²) >= 11 is 0. The largest absolute Gasteiger partial charge is 0.481 e. The number of carboxylic acid groups (broad SMARTS) is 1. The number of aryl methyl sites for hydroxylation is 1. The van der Waals surface area contributed by atoms with Gasteiger partial charge in [-0.05, 0) is 19.1 Å². The fourth-order valence-corrected chi connectivity index (χ4v) is 2.09. The first-order valence-corrected chi connectivity index (χ1v) is 5.05. The van der Waals surface area contributed by atoms with Crippen LogP contribution in [0.1, 0.15) is 24.0 Å². The summed E-state index contributed by atoms with van der Waals surface area (Å²) in [7, 11) is 1.60. The Kier molecular flexibility index (Phi) is 2.46. The molecule has 0 aromatic carbocycles. The Bertz CT molecular complexity index is 437. The van der Waals surface area contributed by atoms with Crippen molar-refractivity contribution in [2.75, 3.05) is 7.05 Å². The van der Waals surface area contributed by atoms with E-state index in [4.69, 9.17) is 9.52 Å². The van der Waals surface area contributed by atoms with Gasteiger partial charge in [-0.1, -0.05) is 0 Å². The molecule has 1 aromatic heterocycles. The molecule has 16 heavy (non-hydrogen) atoms. The first-order valence-electron chi connectivity index (χ1n) is 5.05. The van der Waals surface area contributed by atoms with E-state index in [1.54, 1.807) is 26.1 Å². The molecule has 5 heteroatoms. The molecule has 5 nitrogen and oxygen atoms in total. The molecular weight excluding hydrogens is 210 g/mol. The number of likely N-dealkylation sites (tertiary alicyclic amines) is 1. The van der Waals surface area contributed by atoms with Crippen molar-refractivity contribution in [1.82, 2.24) is 4.90 Å². The zero-order valence-corrected chi connectivity index (χ0v) is 9.14. The maximum absolute atomic E-state index is 11.5. The number of carbonyl (C=O) groups excluding carboxylic acids is 1. The molecule has 0 aliphatic carbocycles. The van der Waals surface area contributed by atoms with E-state index in [-0.39, 0.29) is 12.3 Å². The minimum atomic E-state index is -0.961. The van der Waals surface area contributed by atoms with Crippen LogP contribution in [0.4, 0.5) is 0 Å². The van der Waals surface area contributed by atoms with Crippen molar-refractivity contribution in [2.24, 2.45) is 5.92 Å². The van der Waals surface area contributed by atoms with Gasteiger partial charge in [0.25, 0.3) is 0 Å². The van der Waals surface area contributed by atoms with Crippen LogP contribution in [0.5, 0.6) is 0 Å². The molecule has 1 aliphatic heterocycles. The standard InChI is InChI=1S/C11H13NO4/c1-6-3-4-8(16-6)10-7(11(14)15)5-9(13)12(10)2/h3-4,7,10H,5H2,1-2H3,(H,14,15). The number of nitrogens with zero attached hydrogens (tertiary/aromatic N) is 1. The molecule has 86 valence electrons. The molecule has 1 aliphatic rings. The van der Waals surface area contributed by atoms with Crippen molar-refractivity contribution in [3.63, 3.8) is 0 Å². The predicted molar refractivity (Wildman–Crippen MR) is 54.7 cm³/mol. The van der Waals surface area contributed by atoms with Crippen molar-refractivity contribution in [3.05, 3.63) is 23.7 Å². The van der Waals surface area contributed by atoms with Crippen molar-refractivity contribution in [2.45, 2.75) is 19.4 Å². The number of hydrogen-bond donors (Lipinski definition) is 1. The lowest BCUT2D eigenvalue weighted by Crippen LogP contribution is -2.26. The van der Waals surface area contributed by atoms with Crippen molar-refractivity contribution >= 4 is 11.9 Å². The molecule has 1 aromatic rings. The van der Waals surface area contributed by atoms with Gasteiger partial charge in [0.15, 0.2) is 0 Å². The molecule has 0 spiro atoms. The summed E-state index contributed by atoms with van der Waals surface area (Å²) < 4.78 is 5.41. The Hall–Kier alpha value is -1.78. The lowest BCUT2D eigenvalue weighted by molar-refractivity contribution is -0.142. The van der Waals surface area contributed by atoms with E-state index < -0.39 is 17.9 Å². The Labute approximate surface area is 92.7 Å². The third kappa shape index (κ3) is 1.58. The Morgan fingerprint density at radius 1 is 1.56 bits per heavy atom. The fourth-order valence-electron chi connectivity index (χ4n) is 2.09. The highest BCUT2D eigenvalue weighted by molar-refractivity contribution is 5.87. The van der Waals surface area contributed by atoms with Gasteiger partial charge >= 0.3 is 5.97 Å². The zero-order chi connectivity index (χ0) is 11.9. The summed E-state index contributed by atoms with van der Waals surface area (Å²) in [6.07, 6.45) is 0.0379. The SMILES string of the molecule is Cc1ccc(C2C(C(=O)O)CC(=O)N2C)o1. The highest BCUT2D eigenvalue weighted by Crippen LogP contribution is 2.37. The van der Waals surface area contributed by atoms with Gasteiger partial charge in [-0.15, -0.1) is 0 Å². The fraction of sp³-hybridized carbons (Fsp3) is 0.455. The van der Waals surface area contributed by atoms with Gasteiger partial charge in [-0.3, -0.25) is 9.59 Å². The summed E-state index contributed by atoms with van der Waals surface area (Å²) in [4.78, 5) is 24.0. The van der Waals surface area contributed by atoms with Crippen LogP contribution >= 0.6 is 0 Å². The molecule has 2 rings (SSSR count). The number of carbonyl (C=O) groups is 2. The lowest BCUT2D eigenvalue weighted by Gasteiger charge is -2.20. The molecule has 0 saturated carbocycles. The minimum absolute atomic E-state index is 0.0379. The number of carboxylic acids is 1. The molecule has 2 atom stereocenters. The maximum Gasteiger partial charge on any atom is 0.309 e. The van der Waals surface area contributed by atoms with E-state index in [2.05, 4.69) is 0 Å². The third-order valence-electron chi connectivity index (χ3n) is 2.96. The molecule has 1 saturated heterocycles. The Morgan fingerprint density at radius 2 is 2.25 bits per heavy atom. The molecule has 2 heterocycles. The van der Waals surface area contributed by atoms with Crippen LogP contribution in [0, 0.1) is 12.8 Å². The van der Waals surface area contributed by atoms with Crippen molar-refractivity contribution in [1.29, 1.82) is 0 Å². The molecule has 2 unspecified atom stereocenters. The molecule has 0 radical (unpaired) electrons. The first-order chi connectivity index (χ1) is 7.50. The molecule has 1 N–H and O–H groups in total. The van der Waals surface area contributed by atoms with Gasteiger partial charge in [-0.2, -0.15) is 0 Å². The zero-order valence-electron chi connectivity index (χ0n) is 9.14. The van der Waals surface area contributed by atoms with E-state index in [0.717, 1.165) is 0 Å². The van der Waals surface area contributed by atoms with Gasteiger partial charge in [0.1, 0.15) is 17.6 Å². The van der Waals surface area contributed by atoms with Gasteiger partial charge in [0, 0.05) is 13.5 Å². The van der Waals surface area contributed by atoms with Gasteiger partial charge in [-0.25, -0.2) is 0 Å². The number of rotatable bonds is 2. The molecule has 1 fully saturated rings. The third-order valence-corrected chi connectivity index (χ3v) is 2.96. The second kappa shape index (κ2) is 3.66. The van der Waals surface area contributed by atoms with Crippen LogP contribution in [0.25, 0.3) is 0 Å². The summed E-state index contributed by atoms with van der Waals surface area (Å²) in [5.41, 5.74) is 0. The summed E-state index contributed by atoms with van der Waals surface area (Å²) in [6.45, 7) is 1.79. The van der Waals surface area contributed by atoms with Crippen LogP contribution in [-0.4, -0.2) is 28.9 Å². The van der Waals surface area contributed by atoms with Crippen molar-refractivity contribution in [3.8, 4) is 0 Å². The number of hydrogen-bond acceptors (Lipinski definition) is 3. The topological polar surface area (TPSA) is 70.8 Å². The van der Waals surface area contributed by atoms with E-state index in [0.29, 0.717) is 11.5 Å². The highest BCUT2D eigenvalue weighted by Gasteiger charge is 2.44. The number of amides is 1. The Morgan fingerprint density at radius 3 is 2.75 bits per heavy atom. The van der Waals surface area contributed by atoms with E-state index >= 15 is 0 Å². The predicted octanol–water partition coefficient (Wildman–Crippen LogP) is 1.19. The maximum atomic E-state index is 11.5. The van der Waals surface area contributed by atoms with Crippen LogP contribution in [0.15, 0.2) is 16.5 Å². The molecule has 0 bridgehead atoms. The van der Waals surface area contributed by atoms with E-state index in [1.807, 2.05) is 0 Å². The van der Waals surface area contributed by atoms with Crippen LogP contribution in [-0.2, 0) is 9.59 Å². The quantitative estimate of drug-likeness (QED) is 0.817. The average Bonchev–Trinajstić information content (AvgIpc) is 2.73. The second-order valence-corrected chi connectivity index (χ2v) is 4.05. The lowest BCUT2D eigenvalue weighted by atomic mass is 9.99. The average molecular weight is 223 g/mol. The van der Waals surface area contributed by atoms with Gasteiger partial charge in [0.05, 0.1) is 5.92 Å². The van der Waals surface area contributed by atoms with Crippen molar-refractivity contribution < 1.29 is 19.1 Å².